The van der Waals surface area contributed by atoms with E-state index in [4.69, 9.17) is 15.2 Å². The lowest BCUT2D eigenvalue weighted by molar-refractivity contribution is 0.328. The summed E-state index contributed by atoms with van der Waals surface area (Å²) in [5.41, 5.74) is 6.79. The van der Waals surface area contributed by atoms with Crippen LogP contribution in [0.25, 0.3) is 0 Å². The van der Waals surface area contributed by atoms with E-state index in [1.54, 1.807) is 7.11 Å². The quantitative estimate of drug-likeness (QED) is 0.800. The zero-order valence-electron chi connectivity index (χ0n) is 8.91. The molecular weight excluding hydrogens is 178 g/mol. The number of hydrogen-bond acceptors (Lipinski definition) is 3. The van der Waals surface area contributed by atoms with Crippen molar-refractivity contribution in [3.63, 3.8) is 0 Å². The van der Waals surface area contributed by atoms with Gasteiger partial charge in [-0.3, -0.25) is 0 Å². The average Bonchev–Trinajstić information content (AvgIpc) is 2.17. The Morgan fingerprint density at radius 3 is 2.50 bits per heavy atom. The summed E-state index contributed by atoms with van der Waals surface area (Å²) in [6.07, 6.45) is 0. The van der Waals surface area contributed by atoms with E-state index < -0.39 is 0 Å². The van der Waals surface area contributed by atoms with Gasteiger partial charge in [0.15, 0.2) is 0 Å². The van der Waals surface area contributed by atoms with Crippen LogP contribution in [0.3, 0.4) is 0 Å². The van der Waals surface area contributed by atoms with Gasteiger partial charge in [-0.25, -0.2) is 0 Å². The normalized spacial score (nSPS) is 12.3. The van der Waals surface area contributed by atoms with Crippen molar-refractivity contribution in [2.24, 2.45) is 5.73 Å². The Hall–Kier alpha value is -1.22. The standard InChI is InChI=1S/C11H17NO2/c1-4-14-10-7-5-6-9(13-3)11(10)8(2)12/h5-8H,4,12H2,1-3H3. The summed E-state index contributed by atoms with van der Waals surface area (Å²) in [5, 5.41) is 0. The van der Waals surface area contributed by atoms with E-state index in [1.807, 2.05) is 32.0 Å². The van der Waals surface area contributed by atoms with Crippen LogP contribution in [-0.4, -0.2) is 13.7 Å². The Morgan fingerprint density at radius 1 is 1.36 bits per heavy atom. The summed E-state index contributed by atoms with van der Waals surface area (Å²) in [6.45, 7) is 4.50. The molecule has 0 saturated heterocycles. The van der Waals surface area contributed by atoms with Crippen molar-refractivity contribution >= 4 is 0 Å². The van der Waals surface area contributed by atoms with Crippen molar-refractivity contribution in [1.29, 1.82) is 0 Å². The first kappa shape index (κ1) is 10.9. The minimum absolute atomic E-state index is 0.0901. The van der Waals surface area contributed by atoms with Crippen LogP contribution in [0, 0.1) is 0 Å². The van der Waals surface area contributed by atoms with E-state index in [0.717, 1.165) is 17.1 Å². The van der Waals surface area contributed by atoms with Crippen molar-refractivity contribution in [2.45, 2.75) is 19.9 Å². The molecule has 1 unspecified atom stereocenters. The fourth-order valence-electron chi connectivity index (χ4n) is 1.43. The second-order valence-corrected chi connectivity index (χ2v) is 3.09. The lowest BCUT2D eigenvalue weighted by atomic mass is 10.1. The third kappa shape index (κ3) is 2.17. The molecule has 0 aliphatic carbocycles. The van der Waals surface area contributed by atoms with Gasteiger partial charge in [0.25, 0.3) is 0 Å². The molecule has 0 fully saturated rings. The molecule has 1 rings (SSSR count). The molecule has 0 aromatic heterocycles. The fourth-order valence-corrected chi connectivity index (χ4v) is 1.43. The largest absolute Gasteiger partial charge is 0.496 e. The Bertz CT molecular complexity index is 297. The minimum atomic E-state index is -0.0901. The van der Waals surface area contributed by atoms with Gasteiger partial charge in [-0.05, 0) is 26.0 Å². The Labute approximate surface area is 84.8 Å². The third-order valence-corrected chi connectivity index (χ3v) is 2.00. The Balaban J connectivity index is 3.14. The number of hydrogen-bond donors (Lipinski definition) is 1. The summed E-state index contributed by atoms with van der Waals surface area (Å²) in [5.74, 6) is 1.59. The van der Waals surface area contributed by atoms with Crippen molar-refractivity contribution < 1.29 is 9.47 Å². The Morgan fingerprint density at radius 2 is 2.00 bits per heavy atom. The maximum absolute atomic E-state index is 5.86. The highest BCUT2D eigenvalue weighted by molar-refractivity contribution is 5.46. The Kier molecular flexibility index (Phi) is 3.77. The molecule has 0 spiro atoms. The van der Waals surface area contributed by atoms with Gasteiger partial charge in [-0.1, -0.05) is 6.07 Å². The van der Waals surface area contributed by atoms with E-state index in [9.17, 15) is 0 Å². The number of nitrogens with two attached hydrogens (primary N) is 1. The van der Waals surface area contributed by atoms with Gasteiger partial charge in [0, 0.05) is 6.04 Å². The molecule has 2 N–H and O–H groups in total. The number of rotatable bonds is 4. The van der Waals surface area contributed by atoms with Crippen molar-refractivity contribution in [3.8, 4) is 11.5 Å². The van der Waals surface area contributed by atoms with Crippen LogP contribution in [0.4, 0.5) is 0 Å². The monoisotopic (exact) mass is 195 g/mol. The third-order valence-electron chi connectivity index (χ3n) is 2.00. The highest BCUT2D eigenvalue weighted by Crippen LogP contribution is 2.32. The number of benzene rings is 1. The summed E-state index contributed by atoms with van der Waals surface area (Å²) in [6, 6.07) is 5.61. The van der Waals surface area contributed by atoms with Crippen molar-refractivity contribution in [3.05, 3.63) is 23.8 Å². The molecule has 1 atom stereocenters. The predicted molar refractivity (Wildman–Crippen MR) is 56.8 cm³/mol. The second kappa shape index (κ2) is 4.86. The summed E-state index contributed by atoms with van der Waals surface area (Å²) in [7, 11) is 1.64. The highest BCUT2D eigenvalue weighted by atomic mass is 16.5. The van der Waals surface area contributed by atoms with Crippen LogP contribution in [-0.2, 0) is 0 Å². The molecule has 78 valence electrons. The van der Waals surface area contributed by atoms with Gasteiger partial charge >= 0.3 is 0 Å². The fraction of sp³-hybridized carbons (Fsp3) is 0.455. The maximum Gasteiger partial charge on any atom is 0.127 e. The average molecular weight is 195 g/mol. The SMILES string of the molecule is CCOc1cccc(OC)c1C(C)N. The molecular formula is C11H17NO2. The molecule has 0 heterocycles. The summed E-state index contributed by atoms with van der Waals surface area (Å²) < 4.78 is 10.7. The molecule has 0 aliphatic rings. The van der Waals surface area contributed by atoms with E-state index in [2.05, 4.69) is 0 Å². The van der Waals surface area contributed by atoms with Gasteiger partial charge in [-0.15, -0.1) is 0 Å². The van der Waals surface area contributed by atoms with Gasteiger partial charge in [-0.2, -0.15) is 0 Å². The molecule has 14 heavy (non-hydrogen) atoms. The van der Waals surface area contributed by atoms with Crippen LogP contribution < -0.4 is 15.2 Å². The first-order valence-electron chi connectivity index (χ1n) is 4.76. The van der Waals surface area contributed by atoms with Crippen molar-refractivity contribution in [1.82, 2.24) is 0 Å². The van der Waals surface area contributed by atoms with Gasteiger partial charge in [0.2, 0.25) is 0 Å². The van der Waals surface area contributed by atoms with Crippen LogP contribution in [0.5, 0.6) is 11.5 Å². The maximum atomic E-state index is 5.86. The number of ether oxygens (including phenoxy) is 2. The van der Waals surface area contributed by atoms with Crippen molar-refractivity contribution in [2.75, 3.05) is 13.7 Å². The minimum Gasteiger partial charge on any atom is -0.496 e. The van der Waals surface area contributed by atoms with E-state index in [0.29, 0.717) is 6.61 Å². The van der Waals surface area contributed by atoms with Crippen LogP contribution in [0.2, 0.25) is 0 Å². The van der Waals surface area contributed by atoms with Crippen LogP contribution in [0.1, 0.15) is 25.5 Å². The zero-order valence-corrected chi connectivity index (χ0v) is 8.91. The van der Waals surface area contributed by atoms with Crippen LogP contribution >= 0.6 is 0 Å². The number of methoxy groups -OCH3 is 1. The summed E-state index contributed by atoms with van der Waals surface area (Å²) >= 11 is 0. The topological polar surface area (TPSA) is 44.5 Å². The van der Waals surface area contributed by atoms with Crippen LogP contribution in [0.15, 0.2) is 18.2 Å². The van der Waals surface area contributed by atoms with Gasteiger partial charge < -0.3 is 15.2 Å². The lowest BCUT2D eigenvalue weighted by Gasteiger charge is -2.16. The lowest BCUT2D eigenvalue weighted by Crippen LogP contribution is -2.09. The van der Waals surface area contributed by atoms with E-state index >= 15 is 0 Å². The first-order valence-corrected chi connectivity index (χ1v) is 4.76. The smallest absolute Gasteiger partial charge is 0.127 e. The molecule has 0 aliphatic heterocycles. The molecule has 1 aromatic rings. The van der Waals surface area contributed by atoms with E-state index in [-0.39, 0.29) is 6.04 Å². The van der Waals surface area contributed by atoms with Gasteiger partial charge in [0.05, 0.1) is 19.3 Å². The summed E-state index contributed by atoms with van der Waals surface area (Å²) in [4.78, 5) is 0. The highest BCUT2D eigenvalue weighted by Gasteiger charge is 2.13. The molecule has 0 radical (unpaired) electrons. The molecule has 0 bridgehead atoms. The van der Waals surface area contributed by atoms with Gasteiger partial charge in [0.1, 0.15) is 11.5 Å². The molecule has 0 saturated carbocycles. The zero-order chi connectivity index (χ0) is 10.6. The second-order valence-electron chi connectivity index (χ2n) is 3.09. The first-order chi connectivity index (χ1) is 6.70. The molecule has 1 aromatic carbocycles. The molecule has 0 amide bonds. The van der Waals surface area contributed by atoms with E-state index in [1.165, 1.54) is 0 Å². The predicted octanol–water partition coefficient (Wildman–Crippen LogP) is 2.11. The molecule has 3 nitrogen and oxygen atoms in total. The molecule has 3 heteroatoms.